The lowest BCUT2D eigenvalue weighted by molar-refractivity contribution is 0.271. The first-order valence-corrected chi connectivity index (χ1v) is 9.83. The first-order valence-electron chi connectivity index (χ1n) is 8.60. The fraction of sp³-hybridized carbons (Fsp3) is 0.263. The fourth-order valence-electron chi connectivity index (χ4n) is 2.67. The maximum Gasteiger partial charge on any atom is 0.290 e. The standard InChI is InChI=1S/C19H17N3O4S2/c1-10(2)9-25-11-4-5-12-14(8-11)28-18(21-12)22-17(23)15-16(26-19(22)27)13(24-3)6-7-20-15/h4-8,10H,9H2,1-3H3. The van der Waals surface area contributed by atoms with Crippen LogP contribution in [-0.4, -0.2) is 28.3 Å². The SMILES string of the molecule is COc1ccnc2c(=O)n(-c3nc4ccc(OCC(C)C)cc4s3)c(=S)oc12. The number of methoxy groups -OCH3 is 1. The summed E-state index contributed by atoms with van der Waals surface area (Å²) >= 11 is 6.64. The molecule has 0 radical (unpaired) electrons. The zero-order valence-electron chi connectivity index (χ0n) is 15.5. The quantitative estimate of drug-likeness (QED) is 0.448. The Morgan fingerprint density at radius 3 is 2.89 bits per heavy atom. The van der Waals surface area contributed by atoms with Gasteiger partial charge in [0.05, 0.1) is 23.9 Å². The number of fused-ring (bicyclic) bond motifs is 2. The summed E-state index contributed by atoms with van der Waals surface area (Å²) in [6.07, 6.45) is 1.49. The number of hydrogen-bond acceptors (Lipinski definition) is 8. The van der Waals surface area contributed by atoms with E-state index in [2.05, 4.69) is 23.8 Å². The van der Waals surface area contributed by atoms with Crippen LogP contribution in [0.5, 0.6) is 11.5 Å². The molecule has 28 heavy (non-hydrogen) atoms. The Hall–Kier alpha value is -2.78. The van der Waals surface area contributed by atoms with E-state index in [9.17, 15) is 4.79 Å². The Kier molecular flexibility index (Phi) is 4.86. The highest BCUT2D eigenvalue weighted by molar-refractivity contribution is 7.71. The van der Waals surface area contributed by atoms with Crippen molar-refractivity contribution in [3.63, 3.8) is 0 Å². The molecule has 0 fully saturated rings. The summed E-state index contributed by atoms with van der Waals surface area (Å²) in [5, 5.41) is 0.418. The van der Waals surface area contributed by atoms with Crippen molar-refractivity contribution in [1.82, 2.24) is 14.5 Å². The number of thiazole rings is 1. The van der Waals surface area contributed by atoms with Crippen LogP contribution in [0.2, 0.25) is 0 Å². The lowest BCUT2D eigenvalue weighted by Crippen LogP contribution is -2.20. The van der Waals surface area contributed by atoms with Crippen molar-refractivity contribution in [2.75, 3.05) is 13.7 Å². The van der Waals surface area contributed by atoms with E-state index in [0.717, 1.165) is 16.0 Å². The van der Waals surface area contributed by atoms with Gasteiger partial charge in [0.15, 0.2) is 11.3 Å². The third kappa shape index (κ3) is 3.27. The molecule has 1 aromatic carbocycles. The zero-order chi connectivity index (χ0) is 19.8. The molecule has 0 saturated heterocycles. The molecular weight excluding hydrogens is 398 g/mol. The van der Waals surface area contributed by atoms with Gasteiger partial charge in [-0.15, -0.1) is 0 Å². The molecule has 0 aliphatic rings. The third-order valence-electron chi connectivity index (χ3n) is 3.99. The highest BCUT2D eigenvalue weighted by Gasteiger charge is 2.17. The number of pyridine rings is 1. The van der Waals surface area contributed by atoms with Crippen LogP contribution in [0.4, 0.5) is 0 Å². The fourth-order valence-corrected chi connectivity index (χ4v) is 3.97. The largest absolute Gasteiger partial charge is 0.493 e. The van der Waals surface area contributed by atoms with Crippen molar-refractivity contribution in [2.24, 2.45) is 5.92 Å². The molecule has 0 unspecified atom stereocenters. The smallest absolute Gasteiger partial charge is 0.290 e. The first kappa shape index (κ1) is 18.6. The highest BCUT2D eigenvalue weighted by atomic mass is 32.1. The molecule has 0 spiro atoms. The van der Waals surface area contributed by atoms with Gasteiger partial charge in [0, 0.05) is 12.3 Å². The second kappa shape index (κ2) is 7.33. The van der Waals surface area contributed by atoms with Crippen molar-refractivity contribution in [3.8, 4) is 16.6 Å². The molecule has 4 rings (SSSR count). The summed E-state index contributed by atoms with van der Waals surface area (Å²) in [5.41, 5.74) is 0.701. The van der Waals surface area contributed by atoms with E-state index in [1.54, 1.807) is 6.07 Å². The van der Waals surface area contributed by atoms with Gasteiger partial charge in [-0.25, -0.2) is 14.5 Å². The Labute approximate surface area is 169 Å². The molecule has 3 heterocycles. The number of ether oxygens (including phenoxy) is 2. The molecule has 3 aromatic heterocycles. The molecule has 0 aliphatic heterocycles. The predicted octanol–water partition coefficient (Wildman–Crippen LogP) is 4.36. The molecule has 144 valence electrons. The summed E-state index contributed by atoms with van der Waals surface area (Å²) in [6, 6.07) is 7.24. The van der Waals surface area contributed by atoms with Gasteiger partial charge in [-0.2, -0.15) is 0 Å². The molecular formula is C19H17N3O4S2. The zero-order valence-corrected chi connectivity index (χ0v) is 17.1. The van der Waals surface area contributed by atoms with E-state index >= 15 is 0 Å². The van der Waals surface area contributed by atoms with Crippen molar-refractivity contribution in [1.29, 1.82) is 0 Å². The minimum absolute atomic E-state index is 0.0147. The van der Waals surface area contributed by atoms with E-state index in [4.69, 9.17) is 26.1 Å². The minimum atomic E-state index is -0.402. The minimum Gasteiger partial charge on any atom is -0.493 e. The second-order valence-electron chi connectivity index (χ2n) is 6.53. The van der Waals surface area contributed by atoms with E-state index < -0.39 is 5.56 Å². The van der Waals surface area contributed by atoms with Gasteiger partial charge < -0.3 is 13.9 Å². The van der Waals surface area contributed by atoms with Crippen molar-refractivity contribution in [2.45, 2.75) is 13.8 Å². The summed E-state index contributed by atoms with van der Waals surface area (Å²) in [4.78, 5) is 21.6. The van der Waals surface area contributed by atoms with Crippen LogP contribution < -0.4 is 15.0 Å². The van der Waals surface area contributed by atoms with Crippen LogP contribution in [0, 0.1) is 10.8 Å². The van der Waals surface area contributed by atoms with Gasteiger partial charge in [0.2, 0.25) is 10.7 Å². The molecule has 0 bridgehead atoms. The van der Waals surface area contributed by atoms with Gasteiger partial charge >= 0.3 is 0 Å². The van der Waals surface area contributed by atoms with E-state index in [-0.39, 0.29) is 15.9 Å². The van der Waals surface area contributed by atoms with Crippen LogP contribution >= 0.6 is 23.6 Å². The summed E-state index contributed by atoms with van der Waals surface area (Å²) in [6.45, 7) is 4.81. The number of benzene rings is 1. The van der Waals surface area contributed by atoms with E-state index in [0.29, 0.717) is 23.4 Å². The monoisotopic (exact) mass is 415 g/mol. The molecule has 0 aliphatic carbocycles. The van der Waals surface area contributed by atoms with Crippen molar-refractivity contribution < 1.29 is 13.9 Å². The summed E-state index contributed by atoms with van der Waals surface area (Å²) < 4.78 is 18.8. The molecule has 0 saturated carbocycles. The number of nitrogens with zero attached hydrogens (tertiary/aromatic N) is 3. The summed E-state index contributed by atoms with van der Waals surface area (Å²) in [5.74, 6) is 1.59. The Bertz CT molecular complexity index is 1290. The number of rotatable bonds is 5. The average molecular weight is 415 g/mol. The van der Waals surface area contributed by atoms with Gasteiger partial charge in [-0.1, -0.05) is 25.2 Å². The normalized spacial score (nSPS) is 11.4. The van der Waals surface area contributed by atoms with Gasteiger partial charge in [-0.3, -0.25) is 4.79 Å². The Morgan fingerprint density at radius 1 is 1.32 bits per heavy atom. The molecule has 0 N–H and O–H groups in total. The van der Waals surface area contributed by atoms with Crippen LogP contribution in [0.3, 0.4) is 0 Å². The number of hydrogen-bond donors (Lipinski definition) is 0. The Morgan fingerprint density at radius 2 is 2.14 bits per heavy atom. The van der Waals surface area contributed by atoms with Crippen LogP contribution in [0.1, 0.15) is 13.8 Å². The lowest BCUT2D eigenvalue weighted by Gasteiger charge is -2.07. The van der Waals surface area contributed by atoms with E-state index in [1.165, 1.54) is 29.2 Å². The van der Waals surface area contributed by atoms with E-state index in [1.807, 2.05) is 18.2 Å². The van der Waals surface area contributed by atoms with Crippen molar-refractivity contribution in [3.05, 3.63) is 45.7 Å². The molecule has 0 amide bonds. The first-order chi connectivity index (χ1) is 13.5. The molecule has 0 atom stereocenters. The van der Waals surface area contributed by atoms with Crippen molar-refractivity contribution >= 4 is 44.9 Å². The maximum atomic E-state index is 13.0. The Balaban J connectivity index is 1.85. The van der Waals surface area contributed by atoms with Gasteiger partial charge in [0.1, 0.15) is 5.75 Å². The van der Waals surface area contributed by atoms with Gasteiger partial charge in [0.25, 0.3) is 10.4 Å². The summed E-state index contributed by atoms with van der Waals surface area (Å²) in [7, 11) is 1.49. The molecule has 4 aromatic rings. The van der Waals surface area contributed by atoms with Gasteiger partial charge in [-0.05, 0) is 36.3 Å². The van der Waals surface area contributed by atoms with Crippen LogP contribution in [0.15, 0.2) is 39.7 Å². The maximum absolute atomic E-state index is 13.0. The topological polar surface area (TPSA) is 79.4 Å². The number of aromatic nitrogens is 3. The lowest BCUT2D eigenvalue weighted by atomic mass is 10.2. The molecule has 9 heteroatoms. The highest BCUT2D eigenvalue weighted by Crippen LogP contribution is 2.29. The third-order valence-corrected chi connectivity index (χ3v) is 5.26. The van der Waals surface area contributed by atoms with Crippen LogP contribution in [0.25, 0.3) is 26.4 Å². The van der Waals surface area contributed by atoms with Crippen LogP contribution in [-0.2, 0) is 0 Å². The second-order valence-corrected chi connectivity index (χ2v) is 7.89. The molecule has 7 nitrogen and oxygen atoms in total. The predicted molar refractivity (Wildman–Crippen MR) is 111 cm³/mol. The average Bonchev–Trinajstić information content (AvgIpc) is 3.08.